The van der Waals surface area contributed by atoms with Gasteiger partial charge in [-0.3, -0.25) is 4.90 Å². The van der Waals surface area contributed by atoms with Crippen LogP contribution >= 0.6 is 0 Å². The molecule has 3 N–H and O–H groups in total. The molecule has 1 aromatic carbocycles. The minimum absolute atomic E-state index is 0.0781. The Morgan fingerprint density at radius 3 is 2.83 bits per heavy atom. The lowest BCUT2D eigenvalue weighted by Gasteiger charge is -2.31. The van der Waals surface area contributed by atoms with Gasteiger partial charge in [-0.25, -0.2) is 0 Å². The van der Waals surface area contributed by atoms with Crippen LogP contribution in [-0.2, 0) is 0 Å². The zero-order valence-electron chi connectivity index (χ0n) is 11.2. The zero-order chi connectivity index (χ0) is 12.6. The summed E-state index contributed by atoms with van der Waals surface area (Å²) in [5.41, 5.74) is 8.68. The fourth-order valence-electron chi connectivity index (χ4n) is 2.97. The van der Waals surface area contributed by atoms with Crippen molar-refractivity contribution in [2.45, 2.75) is 37.8 Å². The largest absolute Gasteiger partial charge is 0.377 e. The Labute approximate surface area is 109 Å². The highest BCUT2D eigenvalue weighted by molar-refractivity contribution is 5.52. The van der Waals surface area contributed by atoms with Crippen molar-refractivity contribution < 1.29 is 0 Å². The molecule has 0 radical (unpaired) electrons. The maximum Gasteiger partial charge on any atom is 0.0634 e. The maximum atomic E-state index is 6.06. The lowest BCUT2D eigenvalue weighted by Crippen LogP contribution is -2.48. The third-order valence-electron chi connectivity index (χ3n) is 4.38. The molecule has 0 amide bonds. The van der Waals surface area contributed by atoms with Crippen LogP contribution in [0.25, 0.3) is 0 Å². The van der Waals surface area contributed by atoms with Gasteiger partial charge in [-0.15, -0.1) is 0 Å². The molecule has 1 heterocycles. The van der Waals surface area contributed by atoms with E-state index in [4.69, 9.17) is 5.73 Å². The molecule has 18 heavy (non-hydrogen) atoms. The molecule has 3 rings (SSSR count). The summed E-state index contributed by atoms with van der Waals surface area (Å²) >= 11 is 0. The second-order valence-electron chi connectivity index (χ2n) is 5.88. The molecule has 2 aliphatic rings. The first-order chi connectivity index (χ1) is 8.72. The van der Waals surface area contributed by atoms with Crippen molar-refractivity contribution in [2.24, 2.45) is 5.73 Å². The van der Waals surface area contributed by atoms with Crippen molar-refractivity contribution in [3.05, 3.63) is 29.8 Å². The van der Waals surface area contributed by atoms with E-state index in [1.165, 1.54) is 30.6 Å². The van der Waals surface area contributed by atoms with Gasteiger partial charge in [0.1, 0.15) is 0 Å². The molecule has 1 aliphatic heterocycles. The zero-order valence-corrected chi connectivity index (χ0v) is 11.2. The lowest BCUT2D eigenvalue weighted by molar-refractivity contribution is 0.309. The van der Waals surface area contributed by atoms with Crippen LogP contribution in [0.1, 0.15) is 24.8 Å². The van der Waals surface area contributed by atoms with E-state index in [0.29, 0.717) is 6.54 Å². The summed E-state index contributed by atoms with van der Waals surface area (Å²) in [5.74, 6) is 0. The number of aryl methyl sites for hydroxylation is 1. The normalized spacial score (nSPS) is 28.6. The Kier molecular flexibility index (Phi) is 3.04. The van der Waals surface area contributed by atoms with Crippen molar-refractivity contribution in [1.29, 1.82) is 0 Å². The molecule has 0 spiro atoms. The molecule has 0 aromatic heterocycles. The van der Waals surface area contributed by atoms with Crippen LogP contribution in [0.3, 0.4) is 0 Å². The first kappa shape index (κ1) is 12.0. The molecule has 3 heteroatoms. The first-order valence-electron chi connectivity index (χ1n) is 7.00. The average molecular weight is 245 g/mol. The molecular weight excluding hydrogens is 222 g/mol. The van der Waals surface area contributed by atoms with Crippen LogP contribution in [0.15, 0.2) is 24.3 Å². The third-order valence-corrected chi connectivity index (χ3v) is 4.38. The van der Waals surface area contributed by atoms with Crippen LogP contribution in [-0.4, -0.2) is 36.1 Å². The molecule has 1 saturated carbocycles. The number of anilines is 1. The Morgan fingerprint density at radius 2 is 2.17 bits per heavy atom. The Balaban J connectivity index is 1.74. The number of likely N-dealkylation sites (tertiary alicyclic amines) is 1. The first-order valence-corrected chi connectivity index (χ1v) is 7.00. The Hall–Kier alpha value is -1.06. The van der Waals surface area contributed by atoms with Gasteiger partial charge in [-0.05, 0) is 37.8 Å². The number of rotatable bonds is 4. The van der Waals surface area contributed by atoms with Gasteiger partial charge in [-0.2, -0.15) is 0 Å². The predicted octanol–water partition coefficient (Wildman–Crippen LogP) is 1.97. The van der Waals surface area contributed by atoms with Crippen molar-refractivity contribution in [2.75, 3.05) is 25.0 Å². The van der Waals surface area contributed by atoms with Crippen LogP contribution < -0.4 is 11.1 Å². The smallest absolute Gasteiger partial charge is 0.0634 e. The van der Waals surface area contributed by atoms with Crippen molar-refractivity contribution in [3.8, 4) is 0 Å². The topological polar surface area (TPSA) is 41.3 Å². The van der Waals surface area contributed by atoms with Gasteiger partial charge in [-0.1, -0.05) is 18.2 Å². The van der Waals surface area contributed by atoms with Gasteiger partial charge in [0, 0.05) is 31.4 Å². The maximum absolute atomic E-state index is 6.06. The van der Waals surface area contributed by atoms with Gasteiger partial charge in [0.2, 0.25) is 0 Å². The lowest BCUT2D eigenvalue weighted by atomic mass is 9.97. The van der Waals surface area contributed by atoms with Gasteiger partial charge in [0.05, 0.1) is 5.54 Å². The number of benzene rings is 1. The fraction of sp³-hybridized carbons (Fsp3) is 0.600. The average Bonchev–Trinajstić information content (AvgIpc) is 3.15. The second-order valence-corrected chi connectivity index (χ2v) is 5.88. The number of hydrogen-bond acceptors (Lipinski definition) is 3. The molecule has 98 valence electrons. The fourth-order valence-corrected chi connectivity index (χ4v) is 2.97. The highest BCUT2D eigenvalue weighted by atomic mass is 15.3. The van der Waals surface area contributed by atoms with Crippen molar-refractivity contribution in [1.82, 2.24) is 4.90 Å². The van der Waals surface area contributed by atoms with Crippen LogP contribution in [0, 0.1) is 6.92 Å². The van der Waals surface area contributed by atoms with Crippen LogP contribution in [0.2, 0.25) is 0 Å². The highest BCUT2D eigenvalue weighted by Gasteiger charge is 2.42. The molecule has 1 saturated heterocycles. The molecule has 0 bridgehead atoms. The quantitative estimate of drug-likeness (QED) is 0.852. The van der Waals surface area contributed by atoms with E-state index in [9.17, 15) is 0 Å². The summed E-state index contributed by atoms with van der Waals surface area (Å²) in [7, 11) is 0. The SMILES string of the molecule is Cc1ccccc1NC1(CN)CCN(C2CC2)C1. The van der Waals surface area contributed by atoms with E-state index < -0.39 is 0 Å². The Morgan fingerprint density at radius 1 is 1.39 bits per heavy atom. The van der Waals surface area contributed by atoms with E-state index in [1.54, 1.807) is 0 Å². The van der Waals surface area contributed by atoms with Crippen molar-refractivity contribution >= 4 is 5.69 Å². The van der Waals surface area contributed by atoms with E-state index in [2.05, 4.69) is 41.4 Å². The van der Waals surface area contributed by atoms with Gasteiger partial charge in [0.15, 0.2) is 0 Å². The molecular formula is C15H23N3. The van der Waals surface area contributed by atoms with E-state index in [0.717, 1.165) is 19.0 Å². The Bertz CT molecular complexity index is 428. The summed E-state index contributed by atoms with van der Waals surface area (Å²) in [4.78, 5) is 2.61. The molecule has 1 aliphatic carbocycles. The summed E-state index contributed by atoms with van der Waals surface area (Å²) < 4.78 is 0. The standard InChI is InChI=1S/C15H23N3/c1-12-4-2-3-5-14(12)17-15(10-16)8-9-18(11-15)13-6-7-13/h2-5,13,17H,6-11,16H2,1H3. The van der Waals surface area contributed by atoms with E-state index >= 15 is 0 Å². The highest BCUT2D eigenvalue weighted by Crippen LogP contribution is 2.35. The predicted molar refractivity (Wildman–Crippen MR) is 75.8 cm³/mol. The number of para-hydroxylation sites is 1. The summed E-state index contributed by atoms with van der Waals surface area (Å²) in [6.07, 6.45) is 3.92. The molecule has 2 fully saturated rings. The minimum atomic E-state index is 0.0781. The van der Waals surface area contributed by atoms with Crippen LogP contribution in [0.5, 0.6) is 0 Å². The summed E-state index contributed by atoms with van der Waals surface area (Å²) in [6, 6.07) is 9.33. The number of nitrogens with zero attached hydrogens (tertiary/aromatic N) is 1. The number of nitrogens with one attached hydrogen (secondary N) is 1. The molecule has 1 atom stereocenters. The van der Waals surface area contributed by atoms with Gasteiger partial charge in [0.25, 0.3) is 0 Å². The summed E-state index contributed by atoms with van der Waals surface area (Å²) in [5, 5.41) is 3.72. The molecule has 3 nitrogen and oxygen atoms in total. The van der Waals surface area contributed by atoms with E-state index in [1.807, 2.05) is 0 Å². The third kappa shape index (κ3) is 2.25. The van der Waals surface area contributed by atoms with Gasteiger partial charge >= 0.3 is 0 Å². The van der Waals surface area contributed by atoms with E-state index in [-0.39, 0.29) is 5.54 Å². The van der Waals surface area contributed by atoms with Gasteiger partial charge < -0.3 is 11.1 Å². The molecule has 1 aromatic rings. The monoisotopic (exact) mass is 245 g/mol. The number of nitrogens with two attached hydrogens (primary N) is 1. The summed E-state index contributed by atoms with van der Waals surface area (Å²) in [6.45, 7) is 5.16. The van der Waals surface area contributed by atoms with Crippen molar-refractivity contribution in [3.63, 3.8) is 0 Å². The molecule has 1 unspecified atom stereocenters. The second kappa shape index (κ2) is 4.56. The van der Waals surface area contributed by atoms with Crippen LogP contribution in [0.4, 0.5) is 5.69 Å². The number of hydrogen-bond donors (Lipinski definition) is 2. The minimum Gasteiger partial charge on any atom is -0.377 e.